The van der Waals surface area contributed by atoms with Gasteiger partial charge in [0.1, 0.15) is 17.3 Å². The summed E-state index contributed by atoms with van der Waals surface area (Å²) < 4.78 is 33.8. The zero-order valence-electron chi connectivity index (χ0n) is 14.8. The number of carbonyl (C=O) groups is 1. The minimum absolute atomic E-state index is 0.193. The van der Waals surface area contributed by atoms with Crippen LogP contribution < -0.4 is 19.3 Å². The van der Waals surface area contributed by atoms with Crippen molar-refractivity contribution in [2.45, 2.75) is 11.7 Å². The van der Waals surface area contributed by atoms with Crippen LogP contribution >= 0.6 is 0 Å². The molecule has 2 heterocycles. The Morgan fingerprint density at radius 2 is 1.73 bits per heavy atom. The van der Waals surface area contributed by atoms with E-state index in [-0.39, 0.29) is 23.6 Å². The van der Waals surface area contributed by atoms with Gasteiger partial charge in [0, 0.05) is 43.3 Å². The number of benzene rings is 1. The summed E-state index contributed by atoms with van der Waals surface area (Å²) in [6.07, 6.45) is 2.44. The van der Waals surface area contributed by atoms with Crippen molar-refractivity contribution in [2.75, 3.05) is 37.3 Å². The fourth-order valence-electron chi connectivity index (χ4n) is 2.62. The van der Waals surface area contributed by atoms with Crippen LogP contribution in [-0.2, 0) is 16.4 Å². The van der Waals surface area contributed by atoms with Gasteiger partial charge < -0.3 is 9.47 Å². The molecule has 0 spiro atoms. The summed E-state index contributed by atoms with van der Waals surface area (Å²) in [6, 6.07) is 4.78. The van der Waals surface area contributed by atoms with Crippen molar-refractivity contribution in [1.29, 1.82) is 0 Å². The minimum Gasteiger partial charge on any atom is -0.497 e. The molecule has 2 amide bonds. The second-order valence-corrected chi connectivity index (χ2v) is 7.68. The predicted molar refractivity (Wildman–Crippen MR) is 94.7 cm³/mol. The predicted octanol–water partition coefficient (Wildman–Crippen LogP) is 1.47. The molecule has 3 rings (SSSR count). The van der Waals surface area contributed by atoms with Crippen molar-refractivity contribution in [2.24, 2.45) is 0 Å². The molecule has 1 aliphatic rings. The third kappa shape index (κ3) is 3.15. The molecule has 2 aromatic rings. The molecule has 0 saturated heterocycles. The molecule has 10 heteroatoms. The maximum Gasteiger partial charge on any atom is 0.330 e. The van der Waals surface area contributed by atoms with Crippen LogP contribution in [0.5, 0.6) is 11.5 Å². The number of methoxy groups -OCH3 is 2. The lowest BCUT2D eigenvalue weighted by molar-refractivity contribution is 0.251. The molecule has 138 valence electrons. The Kier molecular flexibility index (Phi) is 4.45. The highest BCUT2D eigenvalue weighted by molar-refractivity contribution is 7.90. The molecule has 1 aromatic carbocycles. The van der Waals surface area contributed by atoms with Gasteiger partial charge >= 0.3 is 6.03 Å². The van der Waals surface area contributed by atoms with E-state index >= 15 is 0 Å². The Morgan fingerprint density at radius 1 is 1.12 bits per heavy atom. The van der Waals surface area contributed by atoms with E-state index in [0.717, 1.165) is 6.26 Å². The summed E-state index contributed by atoms with van der Waals surface area (Å²) in [5.74, 6) is 1.37. The zero-order chi connectivity index (χ0) is 19.1. The van der Waals surface area contributed by atoms with Crippen molar-refractivity contribution in [3.05, 3.63) is 30.0 Å². The third-order valence-electron chi connectivity index (χ3n) is 3.96. The molecule has 26 heavy (non-hydrogen) atoms. The summed E-state index contributed by atoms with van der Waals surface area (Å²) in [5, 5.41) is -0.313. The molecular weight excluding hydrogens is 360 g/mol. The van der Waals surface area contributed by atoms with Gasteiger partial charge in [-0.1, -0.05) is 0 Å². The zero-order valence-corrected chi connectivity index (χ0v) is 15.6. The van der Waals surface area contributed by atoms with Gasteiger partial charge in [-0.05, 0) is 0 Å². The Labute approximate surface area is 151 Å². The van der Waals surface area contributed by atoms with Gasteiger partial charge in [-0.2, -0.15) is 0 Å². The van der Waals surface area contributed by atoms with Crippen LogP contribution in [0.2, 0.25) is 0 Å². The number of fused-ring (bicyclic) bond motifs is 1. The summed E-state index contributed by atoms with van der Waals surface area (Å²) in [5.41, 5.74) is 1.21. The molecule has 1 aliphatic heterocycles. The van der Waals surface area contributed by atoms with Crippen LogP contribution in [0.4, 0.5) is 16.3 Å². The Balaban J connectivity index is 2.05. The number of hydrogen-bond acceptors (Lipinski definition) is 7. The van der Waals surface area contributed by atoms with Gasteiger partial charge in [0.05, 0.1) is 26.5 Å². The normalized spacial score (nSPS) is 14.2. The number of ether oxygens (including phenoxy) is 2. The topological polar surface area (TPSA) is 102 Å². The molecule has 0 unspecified atom stereocenters. The standard InChI is InChI=1S/C16H18N4O5S/c1-19-14-10(8-17-15(18-14)26(4,22)23)9-20(16(19)21)11-5-12(24-2)7-13(6-11)25-3/h5-8H,9H2,1-4H3. The first-order chi connectivity index (χ1) is 12.2. The van der Waals surface area contributed by atoms with Gasteiger partial charge in [-0.25, -0.2) is 23.2 Å². The fraction of sp³-hybridized carbons (Fsp3) is 0.312. The number of nitrogens with zero attached hydrogens (tertiary/aromatic N) is 4. The average molecular weight is 378 g/mol. The van der Waals surface area contributed by atoms with Crippen LogP contribution in [0.3, 0.4) is 0 Å². The number of rotatable bonds is 4. The lowest BCUT2D eigenvalue weighted by Gasteiger charge is -2.34. The number of amides is 2. The van der Waals surface area contributed by atoms with Crippen molar-refractivity contribution >= 4 is 27.4 Å². The van der Waals surface area contributed by atoms with Gasteiger partial charge in [0.2, 0.25) is 15.0 Å². The van der Waals surface area contributed by atoms with Gasteiger partial charge in [0.25, 0.3) is 0 Å². The number of urea groups is 1. The van der Waals surface area contributed by atoms with Crippen molar-refractivity contribution in [3.63, 3.8) is 0 Å². The largest absolute Gasteiger partial charge is 0.497 e. The molecule has 0 N–H and O–H groups in total. The second kappa shape index (κ2) is 6.45. The summed E-state index contributed by atoms with van der Waals surface area (Å²) >= 11 is 0. The van der Waals surface area contributed by atoms with Crippen molar-refractivity contribution < 1.29 is 22.7 Å². The first-order valence-corrected chi connectivity index (χ1v) is 9.48. The van der Waals surface area contributed by atoms with Crippen LogP contribution in [0.1, 0.15) is 5.56 Å². The van der Waals surface area contributed by atoms with E-state index in [1.807, 2.05) is 0 Å². The van der Waals surface area contributed by atoms with Crippen LogP contribution in [0.15, 0.2) is 29.6 Å². The molecule has 0 aliphatic carbocycles. The van der Waals surface area contributed by atoms with E-state index in [4.69, 9.17) is 9.47 Å². The Hall–Kier alpha value is -2.88. The molecule has 0 atom stereocenters. The van der Waals surface area contributed by atoms with E-state index < -0.39 is 9.84 Å². The van der Waals surface area contributed by atoms with Gasteiger partial charge in [0.15, 0.2) is 0 Å². The minimum atomic E-state index is -3.57. The molecule has 1 aromatic heterocycles. The van der Waals surface area contributed by atoms with Crippen molar-refractivity contribution in [3.8, 4) is 11.5 Å². The van der Waals surface area contributed by atoms with E-state index in [0.29, 0.717) is 22.7 Å². The molecule has 0 bridgehead atoms. The summed E-state index contributed by atoms with van der Waals surface area (Å²) in [4.78, 5) is 23.6. The van der Waals surface area contributed by atoms with E-state index in [1.165, 1.54) is 37.3 Å². The first kappa shape index (κ1) is 17.9. The lowest BCUT2D eigenvalue weighted by Crippen LogP contribution is -2.46. The monoisotopic (exact) mass is 378 g/mol. The van der Waals surface area contributed by atoms with Gasteiger partial charge in [-0.15, -0.1) is 0 Å². The number of carbonyl (C=O) groups excluding carboxylic acids is 1. The quantitative estimate of drug-likeness (QED) is 0.743. The number of aromatic nitrogens is 2. The van der Waals surface area contributed by atoms with E-state index in [9.17, 15) is 13.2 Å². The average Bonchev–Trinajstić information content (AvgIpc) is 2.63. The first-order valence-electron chi connectivity index (χ1n) is 7.59. The van der Waals surface area contributed by atoms with E-state index in [2.05, 4.69) is 9.97 Å². The fourth-order valence-corrected chi connectivity index (χ4v) is 3.12. The highest BCUT2D eigenvalue weighted by Gasteiger charge is 2.32. The molecule has 0 radical (unpaired) electrons. The Bertz CT molecular complexity index is 954. The van der Waals surface area contributed by atoms with Gasteiger partial charge in [-0.3, -0.25) is 9.80 Å². The smallest absolute Gasteiger partial charge is 0.330 e. The van der Waals surface area contributed by atoms with E-state index in [1.54, 1.807) is 18.2 Å². The highest BCUT2D eigenvalue weighted by Crippen LogP contribution is 2.34. The molecule has 0 fully saturated rings. The number of sulfone groups is 1. The van der Waals surface area contributed by atoms with Crippen LogP contribution in [-0.4, -0.2) is 51.9 Å². The maximum atomic E-state index is 12.8. The molecule has 9 nitrogen and oxygen atoms in total. The third-order valence-corrected chi connectivity index (χ3v) is 4.82. The van der Waals surface area contributed by atoms with Crippen molar-refractivity contribution in [1.82, 2.24) is 9.97 Å². The summed E-state index contributed by atoms with van der Waals surface area (Å²) in [7, 11) is 1.02. The highest BCUT2D eigenvalue weighted by atomic mass is 32.2. The SMILES string of the molecule is COc1cc(OC)cc(N2Cc3cnc(S(C)(=O)=O)nc3N(C)C2=O)c1. The maximum absolute atomic E-state index is 12.8. The Morgan fingerprint density at radius 3 is 2.27 bits per heavy atom. The molecule has 0 saturated carbocycles. The summed E-state index contributed by atoms with van der Waals surface area (Å²) in [6.45, 7) is 0.193. The van der Waals surface area contributed by atoms with Crippen LogP contribution in [0.25, 0.3) is 0 Å². The number of anilines is 2. The second-order valence-electron chi connectivity index (χ2n) is 5.77. The number of hydrogen-bond donors (Lipinski definition) is 0. The lowest BCUT2D eigenvalue weighted by atomic mass is 10.2. The van der Waals surface area contributed by atoms with Crippen LogP contribution in [0, 0.1) is 0 Å². The molecular formula is C16H18N4O5S.